The number of sulfonamides is 1. The van der Waals surface area contributed by atoms with E-state index in [0.717, 1.165) is 25.9 Å². The number of H-pyrrole nitrogens is 1. The third-order valence-corrected chi connectivity index (χ3v) is 4.79. The number of aromatic amines is 1. The Hall–Kier alpha value is -0.920. The molecule has 0 aromatic carbocycles. The number of hydrogen-bond donors (Lipinski definition) is 2. The van der Waals surface area contributed by atoms with Crippen molar-refractivity contribution in [2.45, 2.75) is 23.9 Å². The average Bonchev–Trinajstić information content (AvgIpc) is 2.83. The van der Waals surface area contributed by atoms with Gasteiger partial charge in [-0.25, -0.2) is 13.4 Å². The molecule has 1 aromatic rings. The standard InChI is InChI=1S/C9H16N4O2S/c1-13(8-2-4-10-5-3-8)16(14,15)9-6-11-7-12-9/h6-8,10H,2-5H2,1H3,(H,11,12). The summed E-state index contributed by atoms with van der Waals surface area (Å²) in [4.78, 5) is 6.38. The molecule has 0 amide bonds. The number of nitrogens with zero attached hydrogens (tertiary/aromatic N) is 2. The molecule has 0 saturated carbocycles. The van der Waals surface area contributed by atoms with Gasteiger partial charge in [0.05, 0.1) is 12.5 Å². The summed E-state index contributed by atoms with van der Waals surface area (Å²) in [5.41, 5.74) is 0. The third kappa shape index (κ3) is 2.11. The third-order valence-electron chi connectivity index (χ3n) is 2.95. The van der Waals surface area contributed by atoms with Crippen molar-refractivity contribution >= 4 is 10.0 Å². The van der Waals surface area contributed by atoms with Crippen LogP contribution in [0, 0.1) is 0 Å². The van der Waals surface area contributed by atoms with Crippen LogP contribution in [-0.2, 0) is 10.0 Å². The van der Waals surface area contributed by atoms with Crippen molar-refractivity contribution in [1.29, 1.82) is 0 Å². The van der Waals surface area contributed by atoms with Crippen molar-refractivity contribution in [3.63, 3.8) is 0 Å². The molecule has 1 saturated heterocycles. The Morgan fingerprint density at radius 1 is 1.44 bits per heavy atom. The SMILES string of the molecule is CN(C1CCNCC1)S(=O)(=O)c1cnc[nH]1. The Labute approximate surface area is 95.1 Å². The van der Waals surface area contributed by atoms with Gasteiger partial charge >= 0.3 is 0 Å². The van der Waals surface area contributed by atoms with Crippen LogP contribution in [0.2, 0.25) is 0 Å². The van der Waals surface area contributed by atoms with E-state index < -0.39 is 10.0 Å². The first-order valence-electron chi connectivity index (χ1n) is 5.29. The first-order valence-corrected chi connectivity index (χ1v) is 6.73. The molecule has 1 fully saturated rings. The van der Waals surface area contributed by atoms with Gasteiger partial charge in [0, 0.05) is 13.1 Å². The van der Waals surface area contributed by atoms with E-state index in [-0.39, 0.29) is 11.1 Å². The first kappa shape index (κ1) is 11.6. The van der Waals surface area contributed by atoms with Gasteiger partial charge in [-0.2, -0.15) is 4.31 Å². The summed E-state index contributed by atoms with van der Waals surface area (Å²) >= 11 is 0. The molecule has 0 bridgehead atoms. The summed E-state index contributed by atoms with van der Waals surface area (Å²) in [5.74, 6) is 0. The normalized spacial score (nSPS) is 19.1. The van der Waals surface area contributed by atoms with Crippen LogP contribution in [0.4, 0.5) is 0 Å². The Kier molecular flexibility index (Phi) is 3.27. The molecule has 1 aliphatic heterocycles. The van der Waals surface area contributed by atoms with Gasteiger partial charge in [0.25, 0.3) is 10.0 Å². The summed E-state index contributed by atoms with van der Waals surface area (Å²) in [6, 6.07) is 0.0783. The van der Waals surface area contributed by atoms with Crippen LogP contribution in [0.25, 0.3) is 0 Å². The molecule has 2 rings (SSSR count). The van der Waals surface area contributed by atoms with Crippen molar-refractivity contribution < 1.29 is 8.42 Å². The molecule has 1 aliphatic rings. The second kappa shape index (κ2) is 4.52. The lowest BCUT2D eigenvalue weighted by molar-refractivity contribution is 0.296. The maximum Gasteiger partial charge on any atom is 0.260 e. The largest absolute Gasteiger partial charge is 0.335 e. The van der Waals surface area contributed by atoms with Crippen LogP contribution in [0.5, 0.6) is 0 Å². The average molecular weight is 244 g/mol. The minimum absolute atomic E-state index is 0.0783. The van der Waals surface area contributed by atoms with Gasteiger partial charge in [0.2, 0.25) is 0 Å². The van der Waals surface area contributed by atoms with Gasteiger partial charge in [0.15, 0.2) is 5.03 Å². The van der Waals surface area contributed by atoms with Crippen LogP contribution < -0.4 is 5.32 Å². The molecule has 1 aromatic heterocycles. The molecule has 2 N–H and O–H groups in total. The molecule has 6 nitrogen and oxygen atoms in total. The number of piperidine rings is 1. The molecular formula is C9H16N4O2S. The minimum Gasteiger partial charge on any atom is -0.335 e. The monoisotopic (exact) mass is 244 g/mol. The molecule has 7 heteroatoms. The van der Waals surface area contributed by atoms with Crippen LogP contribution in [0.3, 0.4) is 0 Å². The zero-order chi connectivity index (χ0) is 11.6. The van der Waals surface area contributed by atoms with E-state index in [9.17, 15) is 8.42 Å². The lowest BCUT2D eigenvalue weighted by atomic mass is 10.1. The van der Waals surface area contributed by atoms with Gasteiger partial charge in [-0.1, -0.05) is 0 Å². The molecule has 0 aliphatic carbocycles. The second-order valence-electron chi connectivity index (χ2n) is 3.92. The fraction of sp³-hybridized carbons (Fsp3) is 0.667. The van der Waals surface area contributed by atoms with Crippen molar-refractivity contribution in [3.05, 3.63) is 12.5 Å². The van der Waals surface area contributed by atoms with Gasteiger partial charge in [-0.15, -0.1) is 0 Å². The maximum atomic E-state index is 12.1. The van der Waals surface area contributed by atoms with Crippen LogP contribution in [0.15, 0.2) is 17.6 Å². The predicted molar refractivity (Wildman–Crippen MR) is 59.4 cm³/mol. The lowest BCUT2D eigenvalue weighted by Gasteiger charge is -2.30. The number of nitrogens with one attached hydrogen (secondary N) is 2. The summed E-state index contributed by atoms with van der Waals surface area (Å²) in [5, 5.41) is 3.37. The van der Waals surface area contributed by atoms with Gasteiger partial charge in [-0.05, 0) is 25.9 Å². The second-order valence-corrected chi connectivity index (χ2v) is 5.88. The Morgan fingerprint density at radius 2 is 2.12 bits per heavy atom. The molecule has 2 heterocycles. The first-order chi connectivity index (χ1) is 7.62. The predicted octanol–water partition coefficient (Wildman–Crippen LogP) is -0.218. The summed E-state index contributed by atoms with van der Waals surface area (Å²) in [7, 11) is -1.78. The van der Waals surface area contributed by atoms with E-state index in [1.807, 2.05) is 0 Å². The van der Waals surface area contributed by atoms with Crippen LogP contribution in [-0.4, -0.2) is 48.9 Å². The topological polar surface area (TPSA) is 78.1 Å². The Morgan fingerprint density at radius 3 is 2.69 bits per heavy atom. The van der Waals surface area contributed by atoms with Crippen molar-refractivity contribution in [2.75, 3.05) is 20.1 Å². The smallest absolute Gasteiger partial charge is 0.260 e. The van der Waals surface area contributed by atoms with Crippen molar-refractivity contribution in [1.82, 2.24) is 19.6 Å². The highest BCUT2D eigenvalue weighted by Gasteiger charge is 2.29. The summed E-state index contributed by atoms with van der Waals surface area (Å²) < 4.78 is 25.7. The van der Waals surface area contributed by atoms with Crippen LogP contribution >= 0.6 is 0 Å². The Balaban J connectivity index is 2.17. The van der Waals surface area contributed by atoms with Crippen molar-refractivity contribution in [3.8, 4) is 0 Å². The summed E-state index contributed by atoms with van der Waals surface area (Å²) in [6.45, 7) is 1.74. The molecule has 90 valence electrons. The quantitative estimate of drug-likeness (QED) is 0.770. The summed E-state index contributed by atoms with van der Waals surface area (Å²) in [6.07, 6.45) is 4.42. The van der Waals surface area contributed by atoms with E-state index in [0.29, 0.717) is 0 Å². The fourth-order valence-electron chi connectivity index (χ4n) is 1.91. The maximum absolute atomic E-state index is 12.1. The number of hydrogen-bond acceptors (Lipinski definition) is 4. The molecule has 0 atom stereocenters. The van der Waals surface area contributed by atoms with Crippen molar-refractivity contribution in [2.24, 2.45) is 0 Å². The van der Waals surface area contributed by atoms with Crippen LogP contribution in [0.1, 0.15) is 12.8 Å². The molecule has 0 spiro atoms. The van der Waals surface area contributed by atoms with E-state index in [4.69, 9.17) is 0 Å². The molecular weight excluding hydrogens is 228 g/mol. The fourth-order valence-corrected chi connectivity index (χ4v) is 3.22. The number of aromatic nitrogens is 2. The Bertz CT molecular complexity index is 422. The molecule has 16 heavy (non-hydrogen) atoms. The van der Waals surface area contributed by atoms with E-state index >= 15 is 0 Å². The molecule has 0 radical (unpaired) electrons. The van der Waals surface area contributed by atoms with Gasteiger partial charge in [-0.3, -0.25) is 0 Å². The number of imidazole rings is 1. The lowest BCUT2D eigenvalue weighted by Crippen LogP contribution is -2.43. The van der Waals surface area contributed by atoms with E-state index in [1.165, 1.54) is 16.8 Å². The highest BCUT2D eigenvalue weighted by atomic mass is 32.2. The van der Waals surface area contributed by atoms with E-state index in [2.05, 4.69) is 15.3 Å². The number of rotatable bonds is 3. The minimum atomic E-state index is -3.41. The molecule has 0 unspecified atom stereocenters. The zero-order valence-corrected chi connectivity index (χ0v) is 10.00. The zero-order valence-electron chi connectivity index (χ0n) is 9.18. The van der Waals surface area contributed by atoms with E-state index in [1.54, 1.807) is 7.05 Å². The van der Waals surface area contributed by atoms with Gasteiger partial charge < -0.3 is 10.3 Å². The highest BCUT2D eigenvalue weighted by Crippen LogP contribution is 2.18. The highest BCUT2D eigenvalue weighted by molar-refractivity contribution is 7.89. The van der Waals surface area contributed by atoms with Gasteiger partial charge in [0.1, 0.15) is 0 Å².